The lowest BCUT2D eigenvalue weighted by Crippen LogP contribution is -2.64. The number of ether oxygens (including phenoxy) is 1. The molecule has 5 aliphatic heterocycles. The van der Waals surface area contributed by atoms with Crippen LogP contribution in [0.1, 0.15) is 78.9 Å². The summed E-state index contributed by atoms with van der Waals surface area (Å²) < 4.78 is 5.52. The molecule has 0 radical (unpaired) electrons. The van der Waals surface area contributed by atoms with Crippen molar-refractivity contribution in [1.82, 2.24) is 36.4 Å². The van der Waals surface area contributed by atoms with Gasteiger partial charge in [-0.2, -0.15) is 0 Å². The quantitative estimate of drug-likeness (QED) is 0.0579. The molecule has 0 aromatic heterocycles. The smallest absolute Gasteiger partial charge is 0.251 e. The number of aliphatic hydroxyl groups excluding tert-OH is 6. The number of amides is 7. The van der Waals surface area contributed by atoms with Crippen LogP contribution in [0.5, 0.6) is 11.5 Å². The second-order valence-corrected chi connectivity index (χ2v) is 25.2. The monoisotopic (exact) mass is 1290 g/mol. The second-order valence-electron chi connectivity index (χ2n) is 25.2. The minimum atomic E-state index is -2.03. The Balaban J connectivity index is 0.921. The Labute approximate surface area is 540 Å². The zero-order valence-electron chi connectivity index (χ0n) is 52.8. The average molecular weight is 1290 g/mol. The molecule has 5 saturated heterocycles. The molecule has 16 N–H and O–H groups in total. The number of aryl methyl sites for hydroxylation is 1. The van der Waals surface area contributed by atoms with E-state index in [0.29, 0.717) is 19.0 Å². The van der Waals surface area contributed by atoms with Crippen molar-refractivity contribution in [2.75, 3.05) is 93.3 Å². The molecule has 5 fully saturated rings. The molecule has 27 heteroatoms. The summed E-state index contributed by atoms with van der Waals surface area (Å²) in [6, 6.07) is 17.5. The van der Waals surface area contributed by atoms with Gasteiger partial charge in [0.2, 0.25) is 35.4 Å². The first-order valence-electron chi connectivity index (χ1n) is 32.1. The summed E-state index contributed by atoms with van der Waals surface area (Å²) in [5.41, 5.74) is 17.6. The molecule has 0 spiro atoms. The Morgan fingerprint density at radius 2 is 1.24 bits per heavy atom. The van der Waals surface area contributed by atoms with Crippen LogP contribution in [0.15, 0.2) is 91.0 Å². The first-order valence-corrected chi connectivity index (χ1v) is 32.1. The van der Waals surface area contributed by atoms with E-state index < -0.39 is 152 Å². The van der Waals surface area contributed by atoms with E-state index >= 15 is 0 Å². The number of piperazine rings is 1. The first-order chi connectivity index (χ1) is 44.5. The number of carbonyl (C=O) groups is 7. The van der Waals surface area contributed by atoms with Gasteiger partial charge in [-0.1, -0.05) is 42.8 Å². The van der Waals surface area contributed by atoms with Gasteiger partial charge in [0, 0.05) is 113 Å². The molecular weight excluding hydrogens is 1200 g/mol. The number of phenols is 1. The van der Waals surface area contributed by atoms with E-state index in [4.69, 9.17) is 16.2 Å². The van der Waals surface area contributed by atoms with Crippen LogP contribution in [-0.2, 0) is 35.2 Å². The zero-order chi connectivity index (χ0) is 66.8. The maximum absolute atomic E-state index is 14.7. The maximum atomic E-state index is 14.7. The van der Waals surface area contributed by atoms with Crippen molar-refractivity contribution < 1.29 is 74.0 Å². The number of nitrogens with zero attached hydrogens (tertiary/aromatic N) is 5. The molecule has 504 valence electrons. The molecule has 5 heterocycles. The van der Waals surface area contributed by atoms with Gasteiger partial charge in [0.05, 0.1) is 36.6 Å². The molecule has 0 saturated carbocycles. The van der Waals surface area contributed by atoms with Gasteiger partial charge >= 0.3 is 0 Å². The summed E-state index contributed by atoms with van der Waals surface area (Å²) in [6.45, 7) is 8.10. The molecule has 93 heavy (non-hydrogen) atoms. The van der Waals surface area contributed by atoms with Gasteiger partial charge in [0.1, 0.15) is 42.9 Å². The fourth-order valence-corrected chi connectivity index (χ4v) is 13.1. The lowest BCUT2D eigenvalue weighted by atomic mass is 9.89. The summed E-state index contributed by atoms with van der Waals surface area (Å²) in [4.78, 5) is 110. The number of rotatable bonds is 16. The highest BCUT2D eigenvalue weighted by atomic mass is 16.5. The van der Waals surface area contributed by atoms with Crippen LogP contribution in [0, 0.1) is 12.8 Å². The highest BCUT2D eigenvalue weighted by Crippen LogP contribution is 2.33. The van der Waals surface area contributed by atoms with Gasteiger partial charge in [0.25, 0.3) is 5.91 Å². The van der Waals surface area contributed by atoms with Crippen molar-refractivity contribution in [2.45, 2.75) is 138 Å². The Hall–Kier alpha value is -8.15. The number of hydrogen-bond acceptors (Lipinski definition) is 20. The molecule has 27 nitrogen and oxygen atoms in total. The number of nitrogens with two attached hydrogens (primary N) is 2. The standard InChI is InChI=1S/C66H90N12O15/c1-37-4-7-41(8-5-37)42-19-23-74(24-20-42)45-13-15-46(16-14-45)76-27-25-75(26-28-76)44-11-9-43(10-12-44)60(86)70-49-32-47(80)34-69-64(90)58-59(85)38(2)35-78(58)66(92)57(52(83)18-21-67)73-63(89)56(53(84)30-40-6-17-51(82)54(31-40)93-29-22-68)72-62(88)50-33-48(81)36-77(50)65(91)55(39(3)79)71-61(49)87/h4-17,31,38-39,42,47-50,52-53,55-59,79-85H,18-30,32-36,67-68H2,1-3H3,(H,69,90)(H,70,86)(H,71,87)(H,72,88)(H,73,89)/t38-,39+,47+,48+,49-,50-,52+,53+,55-,56-,57-,58-,59-/m0/s1. The van der Waals surface area contributed by atoms with Gasteiger partial charge in [-0.3, -0.25) is 33.6 Å². The Bertz CT molecular complexity index is 3240. The molecule has 0 bridgehead atoms. The summed E-state index contributed by atoms with van der Waals surface area (Å²) in [5, 5.41) is 91.6. The number of β-amino-alcohol motifs (C(OH)–C–C–N with tert-alkyl or cyclic N) is 1. The normalized spacial score (nSPS) is 26.8. The van der Waals surface area contributed by atoms with E-state index in [0.717, 1.165) is 60.2 Å². The number of carbonyl (C=O) groups excluding carboxylic acids is 7. The molecule has 9 rings (SSSR count). The number of aromatic hydroxyl groups is 1. The molecule has 4 aromatic carbocycles. The predicted molar refractivity (Wildman–Crippen MR) is 344 cm³/mol. The lowest BCUT2D eigenvalue weighted by Gasteiger charge is -2.38. The predicted octanol–water partition coefficient (Wildman–Crippen LogP) is -1.95. The third-order valence-electron chi connectivity index (χ3n) is 18.4. The van der Waals surface area contributed by atoms with E-state index in [-0.39, 0.29) is 55.3 Å². The van der Waals surface area contributed by atoms with E-state index in [9.17, 15) is 69.3 Å². The molecule has 7 amide bonds. The number of benzene rings is 4. The van der Waals surface area contributed by atoms with E-state index in [1.54, 1.807) is 31.2 Å². The Morgan fingerprint density at radius 3 is 1.84 bits per heavy atom. The van der Waals surface area contributed by atoms with Gasteiger partial charge in [-0.15, -0.1) is 0 Å². The average Bonchev–Trinajstić information content (AvgIpc) is 1.71. The van der Waals surface area contributed by atoms with Crippen molar-refractivity contribution in [3.05, 3.63) is 113 Å². The lowest BCUT2D eigenvalue weighted by molar-refractivity contribution is -0.147. The van der Waals surface area contributed by atoms with E-state index in [1.807, 2.05) is 0 Å². The van der Waals surface area contributed by atoms with Crippen molar-refractivity contribution in [1.29, 1.82) is 0 Å². The molecule has 13 atom stereocenters. The minimum Gasteiger partial charge on any atom is -0.504 e. The number of hydrogen-bond donors (Lipinski definition) is 14. The number of aliphatic hydroxyl groups is 6. The molecular formula is C66H90N12O15. The zero-order valence-corrected chi connectivity index (χ0v) is 52.8. The van der Waals surface area contributed by atoms with Crippen molar-refractivity contribution in [2.24, 2.45) is 17.4 Å². The summed E-state index contributed by atoms with van der Waals surface area (Å²) in [6.07, 6.45) is -9.51. The second kappa shape index (κ2) is 31.2. The third kappa shape index (κ3) is 16.8. The summed E-state index contributed by atoms with van der Waals surface area (Å²) in [7, 11) is 0. The Morgan fingerprint density at radius 1 is 0.656 bits per heavy atom. The maximum Gasteiger partial charge on any atom is 0.251 e. The van der Waals surface area contributed by atoms with Crippen LogP contribution in [0.4, 0.5) is 17.1 Å². The van der Waals surface area contributed by atoms with Crippen molar-refractivity contribution >= 4 is 58.4 Å². The summed E-state index contributed by atoms with van der Waals surface area (Å²) >= 11 is 0. The largest absolute Gasteiger partial charge is 0.504 e. The molecule has 0 aliphatic carbocycles. The highest BCUT2D eigenvalue weighted by Gasteiger charge is 2.50. The van der Waals surface area contributed by atoms with Crippen molar-refractivity contribution in [3.63, 3.8) is 0 Å². The number of nitrogens with one attached hydrogen (secondary N) is 5. The van der Waals surface area contributed by atoms with Gasteiger partial charge < -0.3 is 103 Å². The highest BCUT2D eigenvalue weighted by molar-refractivity contribution is 6.00. The fourth-order valence-electron chi connectivity index (χ4n) is 13.1. The summed E-state index contributed by atoms with van der Waals surface area (Å²) in [5.74, 6) is -7.91. The van der Waals surface area contributed by atoms with Gasteiger partial charge in [-0.25, -0.2) is 0 Å². The molecule has 5 aliphatic rings. The third-order valence-corrected chi connectivity index (χ3v) is 18.4. The fraction of sp³-hybridized carbons (Fsp3) is 0.530. The molecule has 4 aromatic rings. The Kier molecular flexibility index (Phi) is 23.2. The van der Waals surface area contributed by atoms with Crippen LogP contribution in [-0.4, -0.2) is 238 Å². The van der Waals surface area contributed by atoms with Crippen LogP contribution in [0.2, 0.25) is 0 Å². The number of phenolic OH excluding ortho intramolecular Hbond substituents is 1. The van der Waals surface area contributed by atoms with Crippen LogP contribution in [0.25, 0.3) is 0 Å². The number of anilines is 3. The van der Waals surface area contributed by atoms with Crippen LogP contribution in [0.3, 0.4) is 0 Å². The number of fused-ring (bicyclic) bond motifs is 2. The SMILES string of the molecule is Cc1ccc(C2CCN(c3ccc(N4CCN(c5ccc(C(=O)N[C@H]6C[C@@H](O)CNC(=O)[C@@H]7[C@@H](O)[C@@H](C)CN7C(=O)[C@H]([C@H](O)CCN)NC(=O)[C@H]([C@H](O)Cc7ccc(O)c(OCCN)c7)NC(=O)[C@@H]7C[C@@H](O)CN7C(=O)[C@H]([C@@H](C)O)NC6=O)cc5)CC4)cc3)CC2)cc1. The van der Waals surface area contributed by atoms with E-state index in [2.05, 4.69) is 96.7 Å². The van der Waals surface area contributed by atoms with Crippen molar-refractivity contribution in [3.8, 4) is 11.5 Å². The van der Waals surface area contributed by atoms with Gasteiger partial charge in [-0.05, 0) is 117 Å². The topological polar surface area (TPSA) is 399 Å². The minimum absolute atomic E-state index is 0.0000305. The van der Waals surface area contributed by atoms with Crippen LogP contribution >= 0.6 is 0 Å². The van der Waals surface area contributed by atoms with Gasteiger partial charge in [0.15, 0.2) is 11.5 Å². The number of piperidine rings is 1. The van der Waals surface area contributed by atoms with E-state index in [1.165, 1.54) is 41.9 Å². The van der Waals surface area contributed by atoms with Crippen LogP contribution < -0.4 is 57.5 Å². The molecule has 0 unspecified atom stereocenters. The first kappa shape index (κ1) is 69.2.